The molecule has 0 nitrogen and oxygen atoms in total. The normalized spacial score (nSPS) is 9.29. The molecule has 0 saturated heterocycles. The van der Waals surface area contributed by atoms with Crippen molar-refractivity contribution >= 4 is 49.2 Å². The van der Waals surface area contributed by atoms with Gasteiger partial charge >= 0.3 is 23.9 Å². The van der Waals surface area contributed by atoms with Crippen molar-refractivity contribution in [2.45, 2.75) is 157 Å². The number of rotatable bonds is 18. The van der Waals surface area contributed by atoms with Gasteiger partial charge in [0.2, 0.25) is 0 Å². The van der Waals surface area contributed by atoms with Gasteiger partial charge in [-0.25, -0.2) is 0 Å². The number of hydrogen-bond donors (Lipinski definition) is 0. The summed E-state index contributed by atoms with van der Waals surface area (Å²) in [6.07, 6.45) is 29.1. The van der Waals surface area contributed by atoms with Crippen molar-refractivity contribution in [3.63, 3.8) is 0 Å². The summed E-state index contributed by atoms with van der Waals surface area (Å²) in [7, 11) is 0. The first-order valence-electron chi connectivity index (χ1n) is 13.3. The van der Waals surface area contributed by atoms with E-state index < -0.39 is 0 Å². The molecule has 0 aliphatic rings. The second-order valence-electron chi connectivity index (χ2n) is 8.22. The summed E-state index contributed by atoms with van der Waals surface area (Å²) >= 11 is 9.77. The van der Waals surface area contributed by atoms with Gasteiger partial charge in [0.25, 0.3) is 0 Å². The Bertz CT molecular complexity index is 171. The van der Waals surface area contributed by atoms with Gasteiger partial charge in [0, 0.05) is 0 Å². The van der Waals surface area contributed by atoms with Crippen LogP contribution in [0.25, 0.3) is 0 Å². The minimum atomic E-state index is 0. The average molecular weight is 580 g/mol. The van der Waals surface area contributed by atoms with E-state index in [0.29, 0.717) is 0 Å². The van der Waals surface area contributed by atoms with Gasteiger partial charge < -0.3 is 25.3 Å². The van der Waals surface area contributed by atoms with Crippen LogP contribution in [0.15, 0.2) is 0 Å². The fourth-order valence-electron chi connectivity index (χ4n) is 2.83. The molecule has 0 aliphatic carbocycles. The van der Waals surface area contributed by atoms with E-state index in [1.54, 1.807) is 0 Å². The van der Waals surface area contributed by atoms with E-state index in [2.05, 4.69) is 13.8 Å². The second kappa shape index (κ2) is 53.1. The predicted octanol–water partition coefficient (Wildman–Crippen LogP) is 10.2. The Kier molecular flexibility index (Phi) is 73.0. The quantitative estimate of drug-likeness (QED) is 0.0900. The summed E-state index contributed by atoms with van der Waals surface area (Å²) < 4.78 is 0. The molecule has 0 saturated carbocycles. The van der Waals surface area contributed by atoms with Crippen LogP contribution in [0.2, 0.25) is 0 Å². The maximum Gasteiger partial charge on any atom is 2.00 e. The molecule has 0 aromatic heterocycles. The molecule has 0 unspecified atom stereocenters. The molecule has 0 rings (SSSR count). The summed E-state index contributed by atoms with van der Waals surface area (Å²) in [6, 6.07) is 0. The molecule has 0 fully saturated rings. The molecule has 0 spiro atoms. The Morgan fingerprint density at radius 2 is 0.548 bits per heavy atom. The smallest absolute Gasteiger partial charge is 0.793 e. The van der Waals surface area contributed by atoms with Crippen molar-refractivity contribution in [2.24, 2.45) is 0 Å². The summed E-state index contributed by atoms with van der Waals surface area (Å²) in [6.45, 7) is 12.5. The van der Waals surface area contributed by atoms with Crippen LogP contribution >= 0.6 is 0 Å². The molecule has 3 heteroatoms. The third kappa shape index (κ3) is 72.1. The van der Waals surface area contributed by atoms with Crippen molar-refractivity contribution < 1.29 is 0 Å². The fourth-order valence-corrected chi connectivity index (χ4v) is 3.23. The van der Waals surface area contributed by atoms with Crippen molar-refractivity contribution in [3.05, 3.63) is 12.8 Å². The standard InChI is InChI=1S/2C11H24S.2C3H7.Sn/c2*1-2-3-4-5-6-7-8-9-10-11-12;2*1-3-2;/h2*12H,2-11H2,1H3;2*3H,1-2H3;/q;;;;+2/p-2. The first-order valence-corrected chi connectivity index (χ1v) is 14.5. The van der Waals surface area contributed by atoms with Crippen LogP contribution in [0, 0.1) is 12.8 Å². The van der Waals surface area contributed by atoms with Crippen LogP contribution in [-0.4, -0.2) is 35.4 Å². The zero-order chi connectivity index (χ0) is 23.6. The monoisotopic (exact) mass is 580 g/mol. The largest absolute Gasteiger partial charge is 2.00 e. The van der Waals surface area contributed by atoms with E-state index in [0.717, 1.165) is 11.5 Å². The topological polar surface area (TPSA) is 0 Å². The molecule has 0 aromatic rings. The van der Waals surface area contributed by atoms with E-state index in [1.807, 2.05) is 40.5 Å². The zero-order valence-corrected chi connectivity index (χ0v) is 27.1. The molecule has 0 amide bonds. The van der Waals surface area contributed by atoms with Crippen LogP contribution in [0.4, 0.5) is 0 Å². The molecule has 0 atom stereocenters. The van der Waals surface area contributed by atoms with Crippen LogP contribution < -0.4 is 0 Å². The SMILES string of the molecule is CCCCCCCCCCC[S-].CCCCCCCCCCC[S-].C[CH]C.C[CH]C.[Sn+2]. The van der Waals surface area contributed by atoms with Gasteiger partial charge in [0.05, 0.1) is 0 Å². The molecular formula is C28H60S2Sn. The zero-order valence-electron chi connectivity index (χ0n) is 22.6. The fraction of sp³-hybridized carbons (Fsp3) is 0.929. The van der Waals surface area contributed by atoms with Crippen molar-refractivity contribution in [1.29, 1.82) is 0 Å². The predicted molar refractivity (Wildman–Crippen MR) is 156 cm³/mol. The molecule has 0 heterocycles. The van der Waals surface area contributed by atoms with Crippen LogP contribution in [0.3, 0.4) is 0 Å². The van der Waals surface area contributed by atoms with E-state index in [4.69, 9.17) is 25.3 Å². The minimum Gasteiger partial charge on any atom is -0.793 e. The molecule has 188 valence electrons. The van der Waals surface area contributed by atoms with Gasteiger partial charge in [-0.3, -0.25) is 0 Å². The van der Waals surface area contributed by atoms with Crippen LogP contribution in [-0.2, 0) is 25.3 Å². The third-order valence-corrected chi connectivity index (χ3v) is 5.07. The second-order valence-corrected chi connectivity index (χ2v) is 9.04. The van der Waals surface area contributed by atoms with Gasteiger partial charge in [-0.15, -0.1) is 0 Å². The number of unbranched alkanes of at least 4 members (excludes halogenated alkanes) is 16. The Labute approximate surface area is 229 Å². The molecule has 0 aliphatic heterocycles. The molecule has 4 radical (unpaired) electrons. The summed E-state index contributed by atoms with van der Waals surface area (Å²) in [5.74, 6) is 1.91. The van der Waals surface area contributed by atoms with Gasteiger partial charge in [-0.05, 0) is 12.8 Å². The van der Waals surface area contributed by atoms with Crippen molar-refractivity contribution in [3.8, 4) is 0 Å². The Morgan fingerprint density at radius 3 is 0.710 bits per heavy atom. The Morgan fingerprint density at radius 1 is 0.387 bits per heavy atom. The van der Waals surface area contributed by atoms with E-state index >= 15 is 0 Å². The Balaban J connectivity index is -0.000000113. The minimum absolute atomic E-state index is 0. The van der Waals surface area contributed by atoms with Gasteiger partial charge in [-0.1, -0.05) is 157 Å². The van der Waals surface area contributed by atoms with Gasteiger partial charge in [-0.2, -0.15) is 11.5 Å². The molecule has 0 bridgehead atoms. The average Bonchev–Trinajstić information content (AvgIpc) is 2.74. The van der Waals surface area contributed by atoms with Crippen LogP contribution in [0.5, 0.6) is 0 Å². The maximum atomic E-state index is 4.89. The summed E-state index contributed by atoms with van der Waals surface area (Å²) in [4.78, 5) is 0. The first-order chi connectivity index (χ1) is 14.7. The van der Waals surface area contributed by atoms with Crippen molar-refractivity contribution in [2.75, 3.05) is 11.5 Å². The number of hydrogen-bond acceptors (Lipinski definition) is 2. The third-order valence-electron chi connectivity index (χ3n) is 4.50. The van der Waals surface area contributed by atoms with Gasteiger partial charge in [0.1, 0.15) is 0 Å². The molecule has 0 aromatic carbocycles. The summed E-state index contributed by atoms with van der Waals surface area (Å²) in [5.41, 5.74) is 0. The van der Waals surface area contributed by atoms with E-state index in [1.165, 1.54) is 116 Å². The summed E-state index contributed by atoms with van der Waals surface area (Å²) in [5, 5.41) is 0. The van der Waals surface area contributed by atoms with E-state index in [-0.39, 0.29) is 23.9 Å². The molecule has 0 N–H and O–H groups in total. The van der Waals surface area contributed by atoms with E-state index in [9.17, 15) is 0 Å². The maximum absolute atomic E-state index is 4.89. The molecule has 31 heavy (non-hydrogen) atoms. The first kappa shape index (κ1) is 42.6. The Hall–Kier alpha value is 1.50. The van der Waals surface area contributed by atoms with Crippen molar-refractivity contribution in [1.82, 2.24) is 0 Å². The van der Waals surface area contributed by atoms with Gasteiger partial charge in [0.15, 0.2) is 0 Å². The molecular weight excluding hydrogens is 519 g/mol. The van der Waals surface area contributed by atoms with Crippen LogP contribution in [0.1, 0.15) is 157 Å².